The minimum Gasteiger partial charge on any atom is -0.633 e. The molecule has 4 heterocycles. The highest BCUT2D eigenvalue weighted by Crippen LogP contribution is 2.38. The van der Waals surface area contributed by atoms with Crippen LogP contribution in [0.2, 0.25) is 0 Å². The summed E-state index contributed by atoms with van der Waals surface area (Å²) in [4.78, 5) is 52.2. The van der Waals surface area contributed by atoms with Crippen LogP contribution in [0.5, 0.6) is 0 Å². The number of allylic oxidation sites excluding steroid dienone is 3. The van der Waals surface area contributed by atoms with Crippen molar-refractivity contribution in [2.24, 2.45) is 23.7 Å². The molecule has 17 atom stereocenters. The summed E-state index contributed by atoms with van der Waals surface area (Å²) < 4.78 is 64.7. The lowest BCUT2D eigenvalue weighted by Crippen LogP contribution is -2.68. The first kappa shape index (κ1) is 53.7. The van der Waals surface area contributed by atoms with Crippen molar-refractivity contribution in [1.82, 2.24) is 0 Å². The van der Waals surface area contributed by atoms with Crippen molar-refractivity contribution >= 4 is 23.7 Å². The van der Waals surface area contributed by atoms with E-state index in [9.17, 15) is 34.6 Å². The molecule has 64 heavy (non-hydrogen) atoms. The first-order valence-electron chi connectivity index (χ1n) is 22.3. The Morgan fingerprint density at radius 1 is 0.859 bits per heavy atom. The molecule has 366 valence electrons. The van der Waals surface area contributed by atoms with Crippen LogP contribution in [0.3, 0.4) is 0 Å². The van der Waals surface area contributed by atoms with E-state index < -0.39 is 139 Å². The number of esters is 3. The van der Waals surface area contributed by atoms with Gasteiger partial charge in [-0.05, 0) is 45.6 Å². The summed E-state index contributed by atoms with van der Waals surface area (Å²) in [5.74, 6) is -4.81. The summed E-state index contributed by atoms with van der Waals surface area (Å²) in [5, 5.41) is 36.6. The topological polar surface area (TPSA) is 233 Å². The standard InChI is InChI=1S/C45H73NO18/c1-13-34-31(22-58-44-43(55-12)42(54-11)40(27(6)60-44)61-28(7)47)18-23(2)14-15-32(49)24(3)19-30(20-36-56-16-17-57-36)39(25(4)33(50)21-35(51)63-34)64-45-41(62-29(8)48)37(46(9,10)53)38(52)26(5)59-45/h14-15,18,24-27,30-31,33-34,36-45,50,52H,13,16-17,19-22H2,1-12H3/b15-14+,23-18+/t24-,25+,26-,27-,30?,31-,33-,34-,37+,38-,39-,40-,41-,42-,43-,44-,45+/m1/s1. The fraction of sp³-hybridized carbons (Fsp3) is 0.822. The van der Waals surface area contributed by atoms with Crippen LogP contribution in [0.25, 0.3) is 0 Å². The molecular formula is C45H73NO18. The molecule has 0 aliphatic carbocycles. The molecule has 0 amide bonds. The zero-order valence-corrected chi connectivity index (χ0v) is 39.4. The van der Waals surface area contributed by atoms with Crippen LogP contribution in [-0.4, -0.2) is 173 Å². The Labute approximate surface area is 377 Å². The lowest BCUT2D eigenvalue weighted by molar-refractivity contribution is -0.878. The van der Waals surface area contributed by atoms with Crippen LogP contribution in [0.15, 0.2) is 23.8 Å². The molecular weight excluding hydrogens is 842 g/mol. The highest BCUT2D eigenvalue weighted by Gasteiger charge is 2.54. The number of aliphatic hydroxyl groups is 2. The number of cyclic esters (lactones) is 1. The minimum atomic E-state index is -1.41. The lowest BCUT2D eigenvalue weighted by Gasteiger charge is -2.52. The molecule has 19 heteroatoms. The van der Waals surface area contributed by atoms with Crippen molar-refractivity contribution in [3.05, 3.63) is 29.0 Å². The summed E-state index contributed by atoms with van der Waals surface area (Å²) in [6.07, 6.45) is -7.54. The van der Waals surface area contributed by atoms with Crippen molar-refractivity contribution in [3.8, 4) is 0 Å². The molecule has 0 aromatic carbocycles. The number of quaternary nitrogens is 1. The van der Waals surface area contributed by atoms with Gasteiger partial charge in [-0.1, -0.05) is 38.5 Å². The highest BCUT2D eigenvalue weighted by atomic mass is 16.7. The van der Waals surface area contributed by atoms with Gasteiger partial charge in [-0.2, -0.15) is 0 Å². The second-order valence-electron chi connectivity index (χ2n) is 18.0. The molecule has 4 aliphatic heterocycles. The second-order valence-corrected chi connectivity index (χ2v) is 18.0. The van der Waals surface area contributed by atoms with Gasteiger partial charge in [0.25, 0.3) is 0 Å². The van der Waals surface area contributed by atoms with Gasteiger partial charge < -0.3 is 72.2 Å². The van der Waals surface area contributed by atoms with E-state index in [0.717, 1.165) is 0 Å². The normalized spacial score (nSPS) is 40.2. The molecule has 19 nitrogen and oxygen atoms in total. The number of aliphatic hydroxyl groups excluding tert-OH is 2. The maximum absolute atomic E-state index is 13.9. The second kappa shape index (κ2) is 24.2. The molecule has 4 rings (SSSR count). The van der Waals surface area contributed by atoms with Crippen molar-refractivity contribution in [2.45, 2.75) is 167 Å². The molecule has 0 radical (unpaired) electrons. The SMILES string of the molecule is CC[C@H]1OC(=O)C[C@@H](O)[C@H](C)[C@@H](O[C@@H]2O[C@H](C)[C@@H](O)[C@H]([N+](C)(C)[O-])[C@H]2OC(C)=O)C(CC2OCCO2)C[C@@H](C)C(=O)/C=C/C(C)=C/[C@@H]1CO[C@@H]1O[C@H](C)[C@@H](OC(C)=O)[C@@H](OC)[C@H]1OC. The van der Waals surface area contributed by atoms with Gasteiger partial charge in [-0.3, -0.25) is 19.2 Å². The Balaban J connectivity index is 1.71. The fourth-order valence-electron chi connectivity index (χ4n) is 9.18. The van der Waals surface area contributed by atoms with Gasteiger partial charge in [-0.25, -0.2) is 0 Å². The Hall–Kier alpha value is -2.92. The number of nitrogens with zero attached hydrogens (tertiary/aromatic N) is 1. The minimum absolute atomic E-state index is 0.0348. The molecule has 2 N–H and O–H groups in total. The molecule has 1 unspecified atom stereocenters. The van der Waals surface area contributed by atoms with Crippen LogP contribution in [-0.2, 0) is 71.3 Å². The Bertz CT molecular complexity index is 1590. The predicted molar refractivity (Wildman–Crippen MR) is 226 cm³/mol. The number of hydrogen-bond acceptors (Lipinski definition) is 18. The fourth-order valence-corrected chi connectivity index (χ4v) is 9.18. The summed E-state index contributed by atoms with van der Waals surface area (Å²) in [7, 11) is 5.57. The van der Waals surface area contributed by atoms with E-state index in [4.69, 9.17) is 52.1 Å². The molecule has 0 aromatic rings. The molecule has 0 bridgehead atoms. The molecule has 3 fully saturated rings. The smallest absolute Gasteiger partial charge is 0.308 e. The van der Waals surface area contributed by atoms with E-state index in [1.165, 1.54) is 48.2 Å². The first-order valence-corrected chi connectivity index (χ1v) is 22.3. The third-order valence-electron chi connectivity index (χ3n) is 12.6. The Morgan fingerprint density at radius 2 is 1.47 bits per heavy atom. The maximum Gasteiger partial charge on any atom is 0.308 e. The van der Waals surface area contributed by atoms with Crippen molar-refractivity contribution in [2.75, 3.05) is 48.1 Å². The number of methoxy groups -OCH3 is 2. The lowest BCUT2D eigenvalue weighted by atomic mass is 9.79. The predicted octanol–water partition coefficient (Wildman–Crippen LogP) is 2.89. The van der Waals surface area contributed by atoms with Crippen molar-refractivity contribution < 1.29 is 86.1 Å². The summed E-state index contributed by atoms with van der Waals surface area (Å²) in [6, 6.07) is -1.23. The van der Waals surface area contributed by atoms with Gasteiger partial charge in [0.2, 0.25) is 12.4 Å². The number of hydrogen-bond donors (Lipinski definition) is 2. The van der Waals surface area contributed by atoms with Crippen LogP contribution < -0.4 is 0 Å². The number of carbonyl (C=O) groups excluding carboxylic acids is 4. The number of ether oxygens (including phenoxy) is 11. The van der Waals surface area contributed by atoms with Gasteiger partial charge in [0.05, 0.1) is 64.8 Å². The van der Waals surface area contributed by atoms with Gasteiger partial charge in [0.1, 0.15) is 24.4 Å². The molecule has 0 saturated carbocycles. The molecule has 3 saturated heterocycles. The van der Waals surface area contributed by atoms with E-state index in [1.807, 2.05) is 19.9 Å². The third-order valence-corrected chi connectivity index (χ3v) is 12.6. The van der Waals surface area contributed by atoms with E-state index >= 15 is 0 Å². The zero-order valence-electron chi connectivity index (χ0n) is 39.4. The number of likely N-dealkylation sites (N-methyl/N-ethyl adjacent to an activating group) is 1. The maximum atomic E-state index is 13.9. The van der Waals surface area contributed by atoms with Gasteiger partial charge in [-0.15, -0.1) is 0 Å². The summed E-state index contributed by atoms with van der Waals surface area (Å²) in [5.41, 5.74) is 0.678. The highest BCUT2D eigenvalue weighted by molar-refractivity contribution is 5.91. The van der Waals surface area contributed by atoms with Gasteiger partial charge in [0, 0.05) is 52.2 Å². The van der Waals surface area contributed by atoms with Crippen molar-refractivity contribution in [1.29, 1.82) is 0 Å². The Kier molecular flexibility index (Phi) is 20.3. The number of carbonyl (C=O) groups is 4. The van der Waals surface area contributed by atoms with Crippen LogP contribution in [0.4, 0.5) is 0 Å². The largest absolute Gasteiger partial charge is 0.633 e. The first-order chi connectivity index (χ1) is 30.1. The quantitative estimate of drug-likeness (QED) is 0.117. The number of ketones is 1. The van der Waals surface area contributed by atoms with Crippen LogP contribution >= 0.6 is 0 Å². The van der Waals surface area contributed by atoms with Gasteiger partial charge >= 0.3 is 17.9 Å². The Morgan fingerprint density at radius 3 is 2.05 bits per heavy atom. The van der Waals surface area contributed by atoms with E-state index in [0.29, 0.717) is 25.2 Å². The van der Waals surface area contributed by atoms with Crippen LogP contribution in [0.1, 0.15) is 81.1 Å². The number of hydroxylamine groups is 3. The summed E-state index contributed by atoms with van der Waals surface area (Å²) in [6.45, 7) is 13.5. The molecule has 4 aliphatic rings. The average Bonchev–Trinajstić information content (AvgIpc) is 3.73. The van der Waals surface area contributed by atoms with E-state index in [-0.39, 0.29) is 25.2 Å². The third kappa shape index (κ3) is 14.3. The average molecular weight is 916 g/mol. The molecule has 0 spiro atoms. The van der Waals surface area contributed by atoms with Crippen LogP contribution in [0, 0.1) is 28.9 Å². The van der Waals surface area contributed by atoms with E-state index in [1.54, 1.807) is 33.8 Å². The van der Waals surface area contributed by atoms with Crippen molar-refractivity contribution in [3.63, 3.8) is 0 Å². The molecule has 0 aromatic heterocycles. The zero-order chi connectivity index (χ0) is 47.6. The monoisotopic (exact) mass is 915 g/mol. The summed E-state index contributed by atoms with van der Waals surface area (Å²) >= 11 is 0. The number of rotatable bonds is 13. The van der Waals surface area contributed by atoms with E-state index in [2.05, 4.69) is 0 Å². The van der Waals surface area contributed by atoms with Gasteiger partial charge in [0.15, 0.2) is 30.5 Å².